The standard InChI is InChI=1S/C46H44O2/c1-3-5-7-9-11-23-35-47-45-37-43-33-21-19-31-41-29-17-15-27-39(41)25-13-14-26-40-28-16-18-30-42(40)32-20-22-34-44(43)38-46(45)48-36-24-12-10-8-6-4-2/h15-18,27-30,37-38H,3-12,23-24,35-36H2,1-2H3. The SMILES string of the molecule is CCCCCCCCOc1cc2c(cc1OCCCCCCCC)=C=C=C=C=c1ccccc1=C=C=C=C=c1ccccc1=C=C=C=C=2. The van der Waals surface area contributed by atoms with Crippen molar-refractivity contribution in [3.8, 4) is 11.5 Å². The summed E-state index contributed by atoms with van der Waals surface area (Å²) in [5.41, 5.74) is 37.1. The Morgan fingerprint density at radius 3 is 1.00 bits per heavy atom. The summed E-state index contributed by atoms with van der Waals surface area (Å²) in [5.74, 6) is 1.39. The highest BCUT2D eigenvalue weighted by Gasteiger charge is 2.07. The fourth-order valence-corrected chi connectivity index (χ4v) is 5.12. The van der Waals surface area contributed by atoms with E-state index in [9.17, 15) is 0 Å². The van der Waals surface area contributed by atoms with Crippen LogP contribution >= 0.6 is 0 Å². The zero-order chi connectivity index (χ0) is 33.5. The number of hydrogen-bond donors (Lipinski definition) is 0. The van der Waals surface area contributed by atoms with Gasteiger partial charge in [-0.05, 0) is 71.5 Å². The van der Waals surface area contributed by atoms with E-state index in [-0.39, 0.29) is 0 Å². The molecule has 0 spiro atoms. The van der Waals surface area contributed by atoms with Crippen molar-refractivity contribution in [3.05, 3.63) is 126 Å². The van der Waals surface area contributed by atoms with Crippen LogP contribution in [-0.2, 0) is 0 Å². The fraction of sp³-hybridized carbons (Fsp3) is 0.348. The van der Waals surface area contributed by atoms with Gasteiger partial charge in [0, 0.05) is 43.4 Å². The smallest absolute Gasteiger partial charge is 0.162 e. The molecular formula is C46H44O2. The molecule has 0 aliphatic heterocycles. The minimum atomic E-state index is 0.628. The van der Waals surface area contributed by atoms with Gasteiger partial charge >= 0.3 is 0 Å². The highest BCUT2D eigenvalue weighted by Crippen LogP contribution is 2.24. The summed E-state index contributed by atoms with van der Waals surface area (Å²) >= 11 is 0. The molecule has 1 aliphatic rings. The predicted molar refractivity (Wildman–Crippen MR) is 196 cm³/mol. The number of rotatable bonds is 16. The van der Waals surface area contributed by atoms with Gasteiger partial charge in [-0.15, -0.1) is 0 Å². The first-order chi connectivity index (χ1) is 23.8. The molecule has 0 radical (unpaired) electrons. The van der Waals surface area contributed by atoms with Crippen molar-refractivity contribution in [2.45, 2.75) is 90.9 Å². The second-order valence-corrected chi connectivity index (χ2v) is 11.7. The largest absolute Gasteiger partial charge is 0.490 e. The third-order valence-corrected chi connectivity index (χ3v) is 7.82. The van der Waals surface area contributed by atoms with Crippen LogP contribution in [0.2, 0.25) is 0 Å². The van der Waals surface area contributed by atoms with E-state index in [1.165, 1.54) is 51.4 Å². The Bertz CT molecular complexity index is 2140. The predicted octanol–water partition coefficient (Wildman–Crippen LogP) is 6.45. The van der Waals surface area contributed by atoms with Crippen LogP contribution in [0.3, 0.4) is 0 Å². The lowest BCUT2D eigenvalue weighted by Crippen LogP contribution is -2.23. The van der Waals surface area contributed by atoms with Gasteiger partial charge in [-0.3, -0.25) is 0 Å². The monoisotopic (exact) mass is 628 g/mol. The Morgan fingerprint density at radius 2 is 0.667 bits per heavy atom. The molecule has 1 aliphatic carbocycles. The Hall–Kier alpha value is -5.38. The van der Waals surface area contributed by atoms with E-state index in [4.69, 9.17) is 9.47 Å². The van der Waals surface area contributed by atoms with Gasteiger partial charge in [-0.2, -0.15) is 0 Å². The maximum atomic E-state index is 6.34. The Labute approximate surface area is 285 Å². The molecule has 0 N–H and O–H groups in total. The normalized spacial score (nSPS) is 10.6. The molecule has 0 atom stereocenters. The van der Waals surface area contributed by atoms with E-state index in [0.717, 1.165) is 57.0 Å². The summed E-state index contributed by atoms with van der Waals surface area (Å²) < 4.78 is 12.7. The average Bonchev–Trinajstić information content (AvgIpc) is 3.11. The molecule has 3 aromatic rings. The second-order valence-electron chi connectivity index (χ2n) is 11.7. The molecule has 0 amide bonds. The van der Waals surface area contributed by atoms with Gasteiger partial charge in [0.25, 0.3) is 0 Å². The maximum absolute atomic E-state index is 6.34. The van der Waals surface area contributed by atoms with Crippen molar-refractivity contribution in [1.82, 2.24) is 0 Å². The van der Waals surface area contributed by atoms with E-state index in [2.05, 4.69) is 82.6 Å². The molecule has 0 heterocycles. The van der Waals surface area contributed by atoms with Crippen LogP contribution < -0.4 is 40.8 Å². The van der Waals surface area contributed by atoms with Crippen LogP contribution in [0.15, 0.2) is 95.1 Å². The van der Waals surface area contributed by atoms with Crippen LogP contribution in [0.5, 0.6) is 11.5 Å². The van der Waals surface area contributed by atoms with Crippen molar-refractivity contribution < 1.29 is 9.47 Å². The molecule has 240 valence electrons. The van der Waals surface area contributed by atoms with Gasteiger partial charge in [0.1, 0.15) is 0 Å². The number of hydrogen-bond acceptors (Lipinski definition) is 2. The number of unbranched alkanes of at least 4 members (excludes halogenated alkanes) is 10. The topological polar surface area (TPSA) is 18.5 Å². The van der Waals surface area contributed by atoms with Crippen LogP contribution in [0.1, 0.15) is 90.9 Å². The van der Waals surface area contributed by atoms with E-state index in [1.54, 1.807) is 0 Å². The lowest BCUT2D eigenvalue weighted by Gasteiger charge is -2.13. The molecule has 2 heteroatoms. The lowest BCUT2D eigenvalue weighted by molar-refractivity contribution is 0.258. The molecule has 0 aromatic heterocycles. The molecular weight excluding hydrogens is 585 g/mol. The Kier molecular flexibility index (Phi) is 15.8. The van der Waals surface area contributed by atoms with Crippen molar-refractivity contribution in [1.29, 1.82) is 0 Å². The van der Waals surface area contributed by atoms with Crippen molar-refractivity contribution in [2.75, 3.05) is 13.2 Å². The third kappa shape index (κ3) is 12.4. The van der Waals surface area contributed by atoms with Crippen LogP contribution in [0, 0.1) is 0 Å². The maximum Gasteiger partial charge on any atom is 0.162 e. The minimum Gasteiger partial charge on any atom is -0.490 e. The molecule has 0 unspecified atom stereocenters. The van der Waals surface area contributed by atoms with Crippen LogP contribution in [0.4, 0.5) is 0 Å². The zero-order valence-corrected chi connectivity index (χ0v) is 28.5. The molecule has 4 rings (SSSR count). The summed E-state index contributed by atoms with van der Waals surface area (Å²) in [6.45, 7) is 5.74. The molecule has 3 aromatic carbocycles. The second kappa shape index (κ2) is 21.4. The first-order valence-corrected chi connectivity index (χ1v) is 17.5. The molecule has 0 bridgehead atoms. The summed E-state index contributed by atoms with van der Waals surface area (Å²) in [4.78, 5) is 0. The van der Waals surface area contributed by atoms with E-state index in [0.29, 0.717) is 24.7 Å². The summed E-state index contributed by atoms with van der Waals surface area (Å²) in [5, 5.41) is 4.66. The van der Waals surface area contributed by atoms with E-state index in [1.807, 2.05) is 60.7 Å². The zero-order valence-electron chi connectivity index (χ0n) is 28.5. The summed E-state index contributed by atoms with van der Waals surface area (Å²) in [6, 6.07) is 19.4. The Balaban J connectivity index is 1.92. The number of ether oxygens (including phenoxy) is 2. The Morgan fingerprint density at radius 1 is 0.375 bits per heavy atom. The highest BCUT2D eigenvalue weighted by atomic mass is 16.5. The summed E-state index contributed by atoms with van der Waals surface area (Å²) in [7, 11) is 0. The van der Waals surface area contributed by atoms with Gasteiger partial charge in [0.15, 0.2) is 11.5 Å². The van der Waals surface area contributed by atoms with Crippen molar-refractivity contribution in [2.24, 2.45) is 0 Å². The molecule has 2 nitrogen and oxygen atoms in total. The van der Waals surface area contributed by atoms with Gasteiger partial charge in [0.05, 0.1) is 13.2 Å². The molecule has 0 saturated heterocycles. The molecule has 0 saturated carbocycles. The van der Waals surface area contributed by atoms with Gasteiger partial charge in [0.2, 0.25) is 0 Å². The third-order valence-electron chi connectivity index (χ3n) is 7.82. The number of fused-ring (bicyclic) bond motifs is 3. The minimum absolute atomic E-state index is 0.628. The molecule has 48 heavy (non-hydrogen) atoms. The average molecular weight is 629 g/mol. The highest BCUT2D eigenvalue weighted by molar-refractivity contribution is 5.45. The summed E-state index contributed by atoms with van der Waals surface area (Å²) in [6.07, 6.45) is 14.4. The van der Waals surface area contributed by atoms with Crippen molar-refractivity contribution in [3.63, 3.8) is 0 Å². The molecule has 0 fully saturated rings. The van der Waals surface area contributed by atoms with E-state index < -0.39 is 0 Å². The van der Waals surface area contributed by atoms with Gasteiger partial charge < -0.3 is 9.47 Å². The number of benzene rings is 3. The van der Waals surface area contributed by atoms with Crippen LogP contribution in [0.25, 0.3) is 34.4 Å². The first-order valence-electron chi connectivity index (χ1n) is 17.5. The lowest BCUT2D eigenvalue weighted by atomic mass is 10.1. The van der Waals surface area contributed by atoms with E-state index >= 15 is 0 Å². The quantitative estimate of drug-likeness (QED) is 0.105. The van der Waals surface area contributed by atoms with Gasteiger partial charge in [-0.1, -0.05) is 137 Å². The first kappa shape index (κ1) is 35.5. The fourth-order valence-electron chi connectivity index (χ4n) is 5.12. The van der Waals surface area contributed by atoms with Crippen LogP contribution in [-0.4, -0.2) is 13.2 Å². The van der Waals surface area contributed by atoms with Crippen molar-refractivity contribution >= 4 is 34.4 Å². The van der Waals surface area contributed by atoms with Gasteiger partial charge in [-0.25, -0.2) is 0 Å².